The van der Waals surface area contributed by atoms with Crippen LogP contribution in [0.3, 0.4) is 0 Å². The summed E-state index contributed by atoms with van der Waals surface area (Å²) in [5.74, 6) is 0.775. The molecule has 1 amide bonds. The molecule has 3 aromatic carbocycles. The maximum absolute atomic E-state index is 12.8. The number of methoxy groups -OCH3 is 2. The molecule has 0 unspecified atom stereocenters. The number of hydroxylamine groups is 1. The van der Waals surface area contributed by atoms with Gasteiger partial charge in [0.15, 0.2) is 17.3 Å². The van der Waals surface area contributed by atoms with Crippen LogP contribution in [0.1, 0.15) is 37.4 Å². The Morgan fingerprint density at radius 3 is 2.34 bits per heavy atom. The topological polar surface area (TPSA) is 73.9 Å². The van der Waals surface area contributed by atoms with Gasteiger partial charge in [0.05, 0.1) is 20.8 Å². The molecule has 0 saturated carbocycles. The zero-order chi connectivity index (χ0) is 22.5. The maximum Gasteiger partial charge on any atom is 0.274 e. The Labute approximate surface area is 186 Å². The zero-order valence-electron chi connectivity index (χ0n) is 17.9. The number of amides is 1. The van der Waals surface area contributed by atoms with Gasteiger partial charge in [0.2, 0.25) is 0 Å². The van der Waals surface area contributed by atoms with Gasteiger partial charge in [0, 0.05) is 23.1 Å². The van der Waals surface area contributed by atoms with E-state index in [-0.39, 0.29) is 18.3 Å². The number of benzene rings is 3. The van der Waals surface area contributed by atoms with E-state index in [1.807, 2.05) is 42.5 Å². The van der Waals surface area contributed by atoms with E-state index in [9.17, 15) is 9.59 Å². The third-order valence-corrected chi connectivity index (χ3v) is 5.29. The van der Waals surface area contributed by atoms with Crippen LogP contribution in [0.2, 0.25) is 0 Å². The fourth-order valence-electron chi connectivity index (χ4n) is 3.60. The number of hydrogen-bond acceptors (Lipinski definition) is 5. The summed E-state index contributed by atoms with van der Waals surface area (Å²) in [6, 6.07) is 20.2. The Morgan fingerprint density at radius 1 is 0.969 bits per heavy atom. The Hall–Kier alpha value is -3.90. The fourth-order valence-corrected chi connectivity index (χ4v) is 3.60. The van der Waals surface area contributed by atoms with Gasteiger partial charge in [-0.25, -0.2) is 5.48 Å². The predicted molar refractivity (Wildman–Crippen MR) is 121 cm³/mol. The van der Waals surface area contributed by atoms with E-state index in [0.717, 1.165) is 16.7 Å². The number of fused-ring (bicyclic) bond motifs is 1. The lowest BCUT2D eigenvalue weighted by Crippen LogP contribution is -2.23. The first kappa shape index (κ1) is 21.3. The number of carbonyl (C=O) groups is 2. The van der Waals surface area contributed by atoms with Crippen LogP contribution in [0, 0.1) is 0 Å². The normalized spacial score (nSPS) is 13.7. The van der Waals surface area contributed by atoms with Crippen molar-refractivity contribution in [3.05, 3.63) is 100 Å². The molecule has 0 aliphatic heterocycles. The molecule has 0 bridgehead atoms. The molecule has 0 radical (unpaired) electrons. The first-order valence-corrected chi connectivity index (χ1v) is 10.2. The first-order chi connectivity index (χ1) is 15.6. The third-order valence-electron chi connectivity index (χ3n) is 5.29. The van der Waals surface area contributed by atoms with Gasteiger partial charge in [-0.2, -0.15) is 0 Å². The van der Waals surface area contributed by atoms with Crippen molar-refractivity contribution >= 4 is 17.8 Å². The van der Waals surface area contributed by atoms with Gasteiger partial charge in [0.25, 0.3) is 5.91 Å². The molecule has 6 nitrogen and oxygen atoms in total. The zero-order valence-corrected chi connectivity index (χ0v) is 17.9. The van der Waals surface area contributed by atoms with Gasteiger partial charge < -0.3 is 9.47 Å². The molecule has 4 rings (SSSR count). The molecule has 1 N–H and O–H groups in total. The van der Waals surface area contributed by atoms with E-state index in [0.29, 0.717) is 34.6 Å². The molecule has 162 valence electrons. The van der Waals surface area contributed by atoms with Crippen molar-refractivity contribution in [2.45, 2.75) is 13.0 Å². The molecule has 0 saturated heterocycles. The minimum absolute atomic E-state index is 0.0305. The van der Waals surface area contributed by atoms with Crippen molar-refractivity contribution in [3.8, 4) is 11.5 Å². The minimum Gasteiger partial charge on any atom is -0.493 e. The van der Waals surface area contributed by atoms with Crippen LogP contribution in [-0.4, -0.2) is 25.9 Å². The molecular weight excluding hydrogens is 406 g/mol. The summed E-state index contributed by atoms with van der Waals surface area (Å²) in [5, 5.41) is 0. The summed E-state index contributed by atoms with van der Waals surface area (Å²) in [6.07, 6.45) is 2.36. The monoisotopic (exact) mass is 429 g/mol. The highest BCUT2D eigenvalue weighted by molar-refractivity contribution is 6.16. The highest BCUT2D eigenvalue weighted by Crippen LogP contribution is 2.37. The summed E-state index contributed by atoms with van der Waals surface area (Å²) in [6.45, 7) is 0.287. The van der Waals surface area contributed by atoms with Crippen LogP contribution in [0.5, 0.6) is 11.5 Å². The molecule has 3 aromatic rings. The number of rotatable bonds is 7. The van der Waals surface area contributed by atoms with E-state index >= 15 is 0 Å². The van der Waals surface area contributed by atoms with E-state index in [1.54, 1.807) is 44.6 Å². The van der Waals surface area contributed by atoms with Crippen LogP contribution >= 0.6 is 0 Å². The summed E-state index contributed by atoms with van der Waals surface area (Å²) in [5.41, 5.74) is 6.93. The van der Waals surface area contributed by atoms with E-state index in [2.05, 4.69) is 5.48 Å². The minimum atomic E-state index is -0.330. The maximum atomic E-state index is 12.8. The standard InChI is InChI=1S/C26H23NO5/c1-30-23-14-20-13-21(25(28)22(20)15-24(23)31-2)12-17-8-10-19(11-9-17)26(29)27-32-16-18-6-4-3-5-7-18/h3-12,14-15H,13,16H2,1-2H3,(H,27,29)/b21-12-. The average Bonchev–Trinajstić information content (AvgIpc) is 3.13. The molecule has 0 aromatic heterocycles. The van der Waals surface area contributed by atoms with Crippen molar-refractivity contribution in [1.29, 1.82) is 0 Å². The van der Waals surface area contributed by atoms with Crippen molar-refractivity contribution in [3.63, 3.8) is 0 Å². The SMILES string of the molecule is COc1cc2c(cc1OC)C(=O)/C(=C\c1ccc(C(=O)NOCc3ccccc3)cc1)C2. The second kappa shape index (κ2) is 9.49. The summed E-state index contributed by atoms with van der Waals surface area (Å²) >= 11 is 0. The van der Waals surface area contributed by atoms with Gasteiger partial charge in [-0.1, -0.05) is 42.5 Å². The Bertz CT molecular complexity index is 1170. The summed E-state index contributed by atoms with van der Waals surface area (Å²) in [7, 11) is 3.12. The van der Waals surface area contributed by atoms with E-state index in [4.69, 9.17) is 14.3 Å². The molecule has 6 heteroatoms. The summed E-state index contributed by atoms with van der Waals surface area (Å²) in [4.78, 5) is 30.4. The van der Waals surface area contributed by atoms with Crippen LogP contribution in [0.25, 0.3) is 6.08 Å². The smallest absolute Gasteiger partial charge is 0.274 e. The lowest BCUT2D eigenvalue weighted by molar-refractivity contribution is 0.0233. The predicted octanol–water partition coefficient (Wildman–Crippen LogP) is 4.39. The molecule has 1 aliphatic rings. The van der Waals surface area contributed by atoms with Gasteiger partial charge in [-0.05, 0) is 47.0 Å². The molecular formula is C26H23NO5. The van der Waals surface area contributed by atoms with Crippen molar-refractivity contribution < 1.29 is 23.9 Å². The molecule has 0 spiro atoms. The molecule has 0 fully saturated rings. The van der Waals surface area contributed by atoms with Gasteiger partial charge in [0.1, 0.15) is 0 Å². The van der Waals surface area contributed by atoms with Gasteiger partial charge >= 0.3 is 0 Å². The van der Waals surface area contributed by atoms with E-state index < -0.39 is 0 Å². The lowest BCUT2D eigenvalue weighted by Gasteiger charge is -2.08. The average molecular weight is 429 g/mol. The highest BCUT2D eigenvalue weighted by Gasteiger charge is 2.27. The number of ether oxygens (including phenoxy) is 2. The number of ketones is 1. The Balaban J connectivity index is 1.41. The van der Waals surface area contributed by atoms with Crippen LogP contribution in [0.15, 0.2) is 72.3 Å². The number of nitrogens with one attached hydrogen (secondary N) is 1. The highest BCUT2D eigenvalue weighted by atomic mass is 16.6. The summed E-state index contributed by atoms with van der Waals surface area (Å²) < 4.78 is 10.6. The number of Topliss-reactive ketones (excluding diaryl/α,β-unsaturated/α-hetero) is 1. The molecule has 32 heavy (non-hydrogen) atoms. The largest absolute Gasteiger partial charge is 0.493 e. The Morgan fingerprint density at radius 2 is 1.66 bits per heavy atom. The Kier molecular flexibility index (Phi) is 6.33. The quantitative estimate of drug-likeness (QED) is 0.446. The van der Waals surface area contributed by atoms with Gasteiger partial charge in [-0.3, -0.25) is 14.4 Å². The second-order valence-corrected chi connectivity index (χ2v) is 7.37. The van der Waals surface area contributed by atoms with Gasteiger partial charge in [-0.15, -0.1) is 0 Å². The molecule has 0 atom stereocenters. The van der Waals surface area contributed by atoms with Crippen LogP contribution < -0.4 is 15.0 Å². The van der Waals surface area contributed by atoms with Crippen LogP contribution in [-0.2, 0) is 17.9 Å². The van der Waals surface area contributed by atoms with Crippen molar-refractivity contribution in [1.82, 2.24) is 5.48 Å². The second-order valence-electron chi connectivity index (χ2n) is 7.37. The van der Waals surface area contributed by atoms with E-state index in [1.165, 1.54) is 0 Å². The third kappa shape index (κ3) is 4.55. The number of carbonyl (C=O) groups excluding carboxylic acids is 2. The molecule has 0 heterocycles. The first-order valence-electron chi connectivity index (χ1n) is 10.2. The number of hydrogen-bond donors (Lipinski definition) is 1. The number of allylic oxidation sites excluding steroid dienone is 1. The lowest BCUT2D eigenvalue weighted by atomic mass is 10.1. The fraction of sp³-hybridized carbons (Fsp3) is 0.154. The van der Waals surface area contributed by atoms with Crippen LogP contribution in [0.4, 0.5) is 0 Å². The molecule has 1 aliphatic carbocycles. The van der Waals surface area contributed by atoms with Crippen molar-refractivity contribution in [2.75, 3.05) is 14.2 Å². The van der Waals surface area contributed by atoms with Crippen molar-refractivity contribution in [2.24, 2.45) is 0 Å².